The number of rotatable bonds is 5. The first-order valence-corrected chi connectivity index (χ1v) is 7.56. The maximum Gasteiger partial charge on any atom is 0.140 e. The minimum atomic E-state index is 1.01. The van der Waals surface area contributed by atoms with Gasteiger partial charge in [0.05, 0.1) is 5.69 Å². The minimum absolute atomic E-state index is 1.01. The average Bonchev–Trinajstić information content (AvgIpc) is 2.99. The molecule has 0 radical (unpaired) electrons. The standard InChI is InChI=1S/C19H20N2/c1-2-3-14-21-15-18(16-10-6-4-7-11-16)20-19(21)17-12-8-5-9-13-17/h4-13,15H,2-3,14H2,1H3. The number of aromatic nitrogens is 2. The Balaban J connectivity index is 2.03. The third-order valence-electron chi connectivity index (χ3n) is 3.63. The van der Waals surface area contributed by atoms with Crippen LogP contribution in [0.3, 0.4) is 0 Å². The number of hydrogen-bond donors (Lipinski definition) is 0. The predicted molar refractivity (Wildman–Crippen MR) is 88.0 cm³/mol. The van der Waals surface area contributed by atoms with E-state index in [0.717, 1.165) is 18.1 Å². The van der Waals surface area contributed by atoms with E-state index in [9.17, 15) is 0 Å². The molecular formula is C19H20N2. The molecule has 0 saturated carbocycles. The van der Waals surface area contributed by atoms with Gasteiger partial charge in [-0.2, -0.15) is 0 Å². The monoisotopic (exact) mass is 276 g/mol. The van der Waals surface area contributed by atoms with Crippen molar-refractivity contribution in [2.24, 2.45) is 0 Å². The first-order valence-electron chi connectivity index (χ1n) is 7.56. The summed E-state index contributed by atoms with van der Waals surface area (Å²) in [5.41, 5.74) is 3.39. The number of hydrogen-bond acceptors (Lipinski definition) is 1. The molecule has 0 amide bonds. The molecule has 3 rings (SSSR count). The molecule has 0 aliphatic heterocycles. The van der Waals surface area contributed by atoms with E-state index in [1.54, 1.807) is 0 Å². The van der Waals surface area contributed by atoms with E-state index < -0.39 is 0 Å². The van der Waals surface area contributed by atoms with Gasteiger partial charge in [-0.25, -0.2) is 4.98 Å². The molecule has 2 aromatic carbocycles. The molecule has 21 heavy (non-hydrogen) atoms. The molecule has 2 nitrogen and oxygen atoms in total. The van der Waals surface area contributed by atoms with Crippen LogP contribution in [0.25, 0.3) is 22.6 Å². The summed E-state index contributed by atoms with van der Waals surface area (Å²) < 4.78 is 2.28. The molecule has 0 aliphatic rings. The van der Waals surface area contributed by atoms with E-state index in [1.165, 1.54) is 24.0 Å². The summed E-state index contributed by atoms with van der Waals surface area (Å²) >= 11 is 0. The molecule has 0 N–H and O–H groups in total. The van der Waals surface area contributed by atoms with E-state index >= 15 is 0 Å². The Kier molecular flexibility index (Phi) is 4.15. The third-order valence-corrected chi connectivity index (χ3v) is 3.63. The number of benzene rings is 2. The predicted octanol–water partition coefficient (Wildman–Crippen LogP) is 5.02. The van der Waals surface area contributed by atoms with Crippen molar-refractivity contribution in [3.8, 4) is 22.6 Å². The molecule has 0 unspecified atom stereocenters. The Morgan fingerprint density at radius 2 is 1.48 bits per heavy atom. The molecular weight excluding hydrogens is 256 g/mol. The van der Waals surface area contributed by atoms with Gasteiger partial charge in [0.25, 0.3) is 0 Å². The first kappa shape index (κ1) is 13.6. The van der Waals surface area contributed by atoms with Crippen molar-refractivity contribution in [1.82, 2.24) is 9.55 Å². The number of aryl methyl sites for hydroxylation is 1. The van der Waals surface area contributed by atoms with Gasteiger partial charge in [-0.05, 0) is 6.42 Å². The van der Waals surface area contributed by atoms with Gasteiger partial charge in [0, 0.05) is 23.9 Å². The fourth-order valence-corrected chi connectivity index (χ4v) is 2.48. The SMILES string of the molecule is CCCCn1cc(-c2ccccc2)nc1-c1ccccc1. The highest BCUT2D eigenvalue weighted by Crippen LogP contribution is 2.25. The van der Waals surface area contributed by atoms with Crippen molar-refractivity contribution in [3.63, 3.8) is 0 Å². The summed E-state index contributed by atoms with van der Waals surface area (Å²) in [5.74, 6) is 1.06. The minimum Gasteiger partial charge on any atom is -0.330 e. The van der Waals surface area contributed by atoms with Crippen LogP contribution in [0.1, 0.15) is 19.8 Å². The Morgan fingerprint density at radius 3 is 2.10 bits per heavy atom. The molecule has 106 valence electrons. The van der Waals surface area contributed by atoms with E-state index in [1.807, 2.05) is 12.1 Å². The van der Waals surface area contributed by atoms with Crippen molar-refractivity contribution >= 4 is 0 Å². The van der Waals surface area contributed by atoms with Crippen LogP contribution in [0.2, 0.25) is 0 Å². The largest absolute Gasteiger partial charge is 0.330 e. The molecule has 0 atom stereocenters. The van der Waals surface area contributed by atoms with E-state index in [-0.39, 0.29) is 0 Å². The second kappa shape index (κ2) is 6.40. The zero-order valence-electron chi connectivity index (χ0n) is 12.4. The van der Waals surface area contributed by atoms with Crippen LogP contribution in [0.4, 0.5) is 0 Å². The lowest BCUT2D eigenvalue weighted by Crippen LogP contribution is -1.98. The van der Waals surface area contributed by atoms with Crippen molar-refractivity contribution in [1.29, 1.82) is 0 Å². The Hall–Kier alpha value is -2.35. The zero-order valence-corrected chi connectivity index (χ0v) is 12.4. The van der Waals surface area contributed by atoms with Gasteiger partial charge in [-0.3, -0.25) is 0 Å². The topological polar surface area (TPSA) is 17.8 Å². The fraction of sp³-hybridized carbons (Fsp3) is 0.211. The highest BCUT2D eigenvalue weighted by Gasteiger charge is 2.10. The Labute approximate surface area is 126 Å². The maximum absolute atomic E-state index is 4.87. The fourth-order valence-electron chi connectivity index (χ4n) is 2.48. The smallest absolute Gasteiger partial charge is 0.140 e. The Bertz CT molecular complexity index is 684. The van der Waals surface area contributed by atoms with Crippen LogP contribution >= 0.6 is 0 Å². The van der Waals surface area contributed by atoms with Gasteiger partial charge in [-0.1, -0.05) is 74.0 Å². The lowest BCUT2D eigenvalue weighted by Gasteiger charge is -2.06. The van der Waals surface area contributed by atoms with Crippen molar-refractivity contribution in [2.75, 3.05) is 0 Å². The van der Waals surface area contributed by atoms with Gasteiger partial charge in [0.15, 0.2) is 0 Å². The molecule has 0 fully saturated rings. The zero-order chi connectivity index (χ0) is 14.5. The summed E-state index contributed by atoms with van der Waals surface area (Å²) in [6, 6.07) is 20.8. The molecule has 3 aromatic rings. The summed E-state index contributed by atoms with van der Waals surface area (Å²) in [7, 11) is 0. The maximum atomic E-state index is 4.87. The van der Waals surface area contributed by atoms with Crippen LogP contribution in [-0.2, 0) is 6.54 Å². The molecule has 1 heterocycles. The van der Waals surface area contributed by atoms with Gasteiger partial charge in [0.1, 0.15) is 5.82 Å². The van der Waals surface area contributed by atoms with Gasteiger partial charge in [0.2, 0.25) is 0 Å². The second-order valence-electron chi connectivity index (χ2n) is 5.23. The van der Waals surface area contributed by atoms with Gasteiger partial charge >= 0.3 is 0 Å². The van der Waals surface area contributed by atoms with Crippen LogP contribution in [0.15, 0.2) is 66.9 Å². The van der Waals surface area contributed by atoms with Crippen LogP contribution < -0.4 is 0 Å². The molecule has 2 heteroatoms. The van der Waals surface area contributed by atoms with Crippen molar-refractivity contribution in [3.05, 3.63) is 66.9 Å². The van der Waals surface area contributed by atoms with Gasteiger partial charge in [-0.15, -0.1) is 0 Å². The first-order chi connectivity index (χ1) is 10.4. The normalized spacial score (nSPS) is 10.7. The summed E-state index contributed by atoms with van der Waals surface area (Å²) in [4.78, 5) is 4.87. The highest BCUT2D eigenvalue weighted by molar-refractivity contribution is 5.64. The van der Waals surface area contributed by atoms with E-state index in [4.69, 9.17) is 4.98 Å². The van der Waals surface area contributed by atoms with Crippen LogP contribution in [0, 0.1) is 0 Å². The number of imidazole rings is 1. The summed E-state index contributed by atoms with van der Waals surface area (Å²) in [6.45, 7) is 3.23. The quantitative estimate of drug-likeness (QED) is 0.640. The number of nitrogens with zero attached hydrogens (tertiary/aromatic N) is 2. The van der Waals surface area contributed by atoms with Crippen molar-refractivity contribution in [2.45, 2.75) is 26.3 Å². The van der Waals surface area contributed by atoms with E-state index in [2.05, 4.69) is 66.2 Å². The summed E-state index contributed by atoms with van der Waals surface area (Å²) in [6.07, 6.45) is 4.53. The van der Waals surface area contributed by atoms with Crippen LogP contribution in [0.5, 0.6) is 0 Å². The highest BCUT2D eigenvalue weighted by atomic mass is 15.1. The molecule has 0 spiro atoms. The molecule has 0 bridgehead atoms. The Morgan fingerprint density at radius 1 is 0.857 bits per heavy atom. The molecule has 0 saturated heterocycles. The van der Waals surface area contributed by atoms with Crippen molar-refractivity contribution < 1.29 is 0 Å². The number of unbranched alkanes of at least 4 members (excludes halogenated alkanes) is 1. The summed E-state index contributed by atoms with van der Waals surface area (Å²) in [5, 5.41) is 0. The van der Waals surface area contributed by atoms with Gasteiger partial charge < -0.3 is 4.57 Å². The second-order valence-corrected chi connectivity index (χ2v) is 5.23. The third kappa shape index (κ3) is 3.05. The van der Waals surface area contributed by atoms with E-state index in [0.29, 0.717) is 0 Å². The molecule has 0 aliphatic carbocycles. The lowest BCUT2D eigenvalue weighted by molar-refractivity contribution is 0.637. The lowest BCUT2D eigenvalue weighted by atomic mass is 10.2. The molecule has 1 aromatic heterocycles. The van der Waals surface area contributed by atoms with Crippen LogP contribution in [-0.4, -0.2) is 9.55 Å². The average molecular weight is 276 g/mol.